The van der Waals surface area contributed by atoms with E-state index >= 15 is 0 Å². The number of ketones is 1. The van der Waals surface area contributed by atoms with Crippen LogP contribution in [0.1, 0.15) is 23.7 Å². The van der Waals surface area contributed by atoms with Crippen LogP contribution in [0.15, 0.2) is 28.7 Å². The minimum Gasteiger partial charge on any atom is -0.299 e. The van der Waals surface area contributed by atoms with Crippen molar-refractivity contribution in [1.82, 2.24) is 4.90 Å². The molecule has 3 heteroatoms. The second-order valence-corrected chi connectivity index (χ2v) is 6.02. The van der Waals surface area contributed by atoms with Crippen LogP contribution in [-0.4, -0.2) is 30.8 Å². The molecule has 2 unspecified atom stereocenters. The van der Waals surface area contributed by atoms with Gasteiger partial charge in [-0.3, -0.25) is 9.69 Å². The third-order valence-corrected chi connectivity index (χ3v) is 3.88. The average Bonchev–Trinajstić information content (AvgIpc) is 2.93. The van der Waals surface area contributed by atoms with Crippen molar-refractivity contribution in [2.45, 2.75) is 13.3 Å². The van der Waals surface area contributed by atoms with Gasteiger partial charge in [0.1, 0.15) is 0 Å². The summed E-state index contributed by atoms with van der Waals surface area (Å²) in [6.45, 7) is 3.83. The summed E-state index contributed by atoms with van der Waals surface area (Å²) >= 11 is 3.39. The summed E-state index contributed by atoms with van der Waals surface area (Å²) in [5.41, 5.74) is 0.787. The van der Waals surface area contributed by atoms with E-state index in [1.54, 1.807) is 0 Å². The van der Waals surface area contributed by atoms with Crippen LogP contribution < -0.4 is 0 Å². The Hall–Kier alpha value is -0.670. The van der Waals surface area contributed by atoms with Crippen LogP contribution in [0.4, 0.5) is 0 Å². The number of hydrogen-bond donors (Lipinski definition) is 0. The summed E-state index contributed by atoms with van der Waals surface area (Å²) < 4.78 is 0.960. The lowest BCUT2D eigenvalue weighted by atomic mass is 10.1. The zero-order chi connectivity index (χ0) is 12.4. The first-order valence-corrected chi connectivity index (χ1v) is 6.83. The topological polar surface area (TPSA) is 20.3 Å². The molecular formula is C14H18BrNO. The predicted octanol–water partition coefficient (Wildman–Crippen LogP) is 3.22. The first-order chi connectivity index (χ1) is 8.06. The summed E-state index contributed by atoms with van der Waals surface area (Å²) in [5.74, 6) is 1.84. The number of nitrogens with zero attached hydrogens (tertiary/aromatic N) is 1. The third-order valence-electron chi connectivity index (χ3n) is 3.38. The number of carbonyl (C=O) groups is 1. The van der Waals surface area contributed by atoms with Crippen molar-refractivity contribution in [3.8, 4) is 0 Å². The predicted molar refractivity (Wildman–Crippen MR) is 73.2 cm³/mol. The van der Waals surface area contributed by atoms with Gasteiger partial charge in [-0.2, -0.15) is 0 Å². The Labute approximate surface area is 111 Å². The Morgan fingerprint density at radius 1 is 1.53 bits per heavy atom. The van der Waals surface area contributed by atoms with E-state index < -0.39 is 0 Å². The highest BCUT2D eigenvalue weighted by molar-refractivity contribution is 9.10. The minimum absolute atomic E-state index is 0.196. The highest BCUT2D eigenvalue weighted by Gasteiger charge is 2.33. The van der Waals surface area contributed by atoms with Crippen molar-refractivity contribution in [3.05, 3.63) is 34.3 Å². The Kier molecular flexibility index (Phi) is 4.00. The molecule has 0 bridgehead atoms. The van der Waals surface area contributed by atoms with Crippen LogP contribution >= 0.6 is 15.9 Å². The van der Waals surface area contributed by atoms with E-state index in [-0.39, 0.29) is 5.78 Å². The van der Waals surface area contributed by atoms with Gasteiger partial charge in [-0.15, -0.1) is 0 Å². The van der Waals surface area contributed by atoms with Gasteiger partial charge in [-0.05, 0) is 37.4 Å². The van der Waals surface area contributed by atoms with Crippen molar-refractivity contribution >= 4 is 21.7 Å². The van der Waals surface area contributed by atoms with Gasteiger partial charge in [0.2, 0.25) is 0 Å². The molecule has 0 N–H and O–H groups in total. The fourth-order valence-electron chi connectivity index (χ4n) is 2.12. The van der Waals surface area contributed by atoms with E-state index in [9.17, 15) is 4.79 Å². The SMILES string of the molecule is CC1CC1CN(C)CC(=O)c1cccc(Br)c1. The molecule has 2 atom stereocenters. The zero-order valence-electron chi connectivity index (χ0n) is 10.3. The fourth-order valence-corrected chi connectivity index (χ4v) is 2.52. The van der Waals surface area contributed by atoms with E-state index in [4.69, 9.17) is 0 Å². The second-order valence-electron chi connectivity index (χ2n) is 5.10. The van der Waals surface area contributed by atoms with Crippen molar-refractivity contribution < 1.29 is 4.79 Å². The highest BCUT2D eigenvalue weighted by atomic mass is 79.9. The number of rotatable bonds is 5. The van der Waals surface area contributed by atoms with Gasteiger partial charge in [0, 0.05) is 16.6 Å². The van der Waals surface area contributed by atoms with Crippen LogP contribution in [0.25, 0.3) is 0 Å². The molecule has 0 heterocycles. The average molecular weight is 296 g/mol. The van der Waals surface area contributed by atoms with E-state index in [0.29, 0.717) is 6.54 Å². The van der Waals surface area contributed by atoms with Gasteiger partial charge in [0.05, 0.1) is 6.54 Å². The molecule has 0 amide bonds. The molecule has 92 valence electrons. The summed E-state index contributed by atoms with van der Waals surface area (Å²) in [5, 5.41) is 0. The lowest BCUT2D eigenvalue weighted by Crippen LogP contribution is -2.28. The second kappa shape index (κ2) is 5.32. The van der Waals surface area contributed by atoms with Crippen LogP contribution in [0, 0.1) is 11.8 Å². The van der Waals surface area contributed by atoms with Gasteiger partial charge in [0.25, 0.3) is 0 Å². The smallest absolute Gasteiger partial charge is 0.176 e. The van der Waals surface area contributed by atoms with Crippen LogP contribution in [0.5, 0.6) is 0 Å². The van der Waals surface area contributed by atoms with Gasteiger partial charge in [0.15, 0.2) is 5.78 Å². The maximum absolute atomic E-state index is 12.0. The van der Waals surface area contributed by atoms with Gasteiger partial charge < -0.3 is 0 Å². The Morgan fingerprint density at radius 3 is 2.82 bits per heavy atom. The number of hydrogen-bond acceptors (Lipinski definition) is 2. The lowest BCUT2D eigenvalue weighted by Gasteiger charge is -2.15. The van der Waals surface area contributed by atoms with E-state index in [0.717, 1.165) is 28.4 Å². The lowest BCUT2D eigenvalue weighted by molar-refractivity contribution is 0.0943. The minimum atomic E-state index is 0.196. The first kappa shape index (κ1) is 12.8. The molecule has 1 aromatic carbocycles. The van der Waals surface area contributed by atoms with E-state index in [1.807, 2.05) is 31.3 Å². The number of likely N-dealkylation sites (N-methyl/N-ethyl adjacent to an activating group) is 1. The van der Waals surface area contributed by atoms with Gasteiger partial charge >= 0.3 is 0 Å². The number of benzene rings is 1. The molecule has 0 saturated heterocycles. The molecule has 1 aromatic rings. The maximum Gasteiger partial charge on any atom is 0.176 e. The summed E-state index contributed by atoms with van der Waals surface area (Å²) in [7, 11) is 2.03. The van der Waals surface area contributed by atoms with Crippen molar-refractivity contribution in [3.63, 3.8) is 0 Å². The van der Waals surface area contributed by atoms with E-state index in [1.165, 1.54) is 6.42 Å². The molecule has 1 aliphatic carbocycles. The van der Waals surface area contributed by atoms with Crippen molar-refractivity contribution in [2.75, 3.05) is 20.1 Å². The van der Waals surface area contributed by atoms with E-state index in [2.05, 4.69) is 27.8 Å². The van der Waals surface area contributed by atoms with Gasteiger partial charge in [-0.25, -0.2) is 0 Å². The molecule has 0 spiro atoms. The highest BCUT2D eigenvalue weighted by Crippen LogP contribution is 2.37. The summed E-state index contributed by atoms with van der Waals surface area (Å²) in [6, 6.07) is 7.60. The first-order valence-electron chi connectivity index (χ1n) is 6.03. The Balaban J connectivity index is 1.88. The monoisotopic (exact) mass is 295 g/mol. The molecular weight excluding hydrogens is 278 g/mol. The summed E-state index contributed by atoms with van der Waals surface area (Å²) in [4.78, 5) is 14.2. The standard InChI is InChI=1S/C14H18BrNO/c1-10-6-12(10)8-16(2)9-14(17)11-4-3-5-13(15)7-11/h3-5,7,10,12H,6,8-9H2,1-2H3. The Bertz CT molecular complexity index is 418. The molecule has 0 aliphatic heterocycles. The molecule has 1 fully saturated rings. The normalized spacial score (nSPS) is 22.8. The van der Waals surface area contributed by atoms with Crippen molar-refractivity contribution in [1.29, 1.82) is 0 Å². The van der Waals surface area contributed by atoms with Gasteiger partial charge in [-0.1, -0.05) is 35.0 Å². The molecule has 17 heavy (non-hydrogen) atoms. The van der Waals surface area contributed by atoms with Crippen LogP contribution in [-0.2, 0) is 0 Å². The van der Waals surface area contributed by atoms with Crippen LogP contribution in [0.3, 0.4) is 0 Å². The molecule has 0 aromatic heterocycles. The van der Waals surface area contributed by atoms with Crippen molar-refractivity contribution in [2.24, 2.45) is 11.8 Å². The molecule has 2 nitrogen and oxygen atoms in total. The number of halogens is 1. The fraction of sp³-hybridized carbons (Fsp3) is 0.500. The maximum atomic E-state index is 12.0. The number of carbonyl (C=O) groups excluding carboxylic acids is 1. The quantitative estimate of drug-likeness (QED) is 0.778. The molecule has 2 rings (SSSR count). The third kappa shape index (κ3) is 3.65. The molecule has 0 radical (unpaired) electrons. The molecule has 1 aliphatic rings. The Morgan fingerprint density at radius 2 is 2.24 bits per heavy atom. The largest absolute Gasteiger partial charge is 0.299 e. The summed E-state index contributed by atoms with van der Waals surface area (Å²) in [6.07, 6.45) is 1.31. The zero-order valence-corrected chi connectivity index (χ0v) is 11.9. The number of Topliss-reactive ketones (excluding diaryl/α,β-unsaturated/α-hetero) is 1. The molecule has 1 saturated carbocycles. The van der Waals surface area contributed by atoms with Crippen LogP contribution in [0.2, 0.25) is 0 Å².